The second-order valence-corrected chi connectivity index (χ2v) is 8.02. The third-order valence-electron chi connectivity index (χ3n) is 4.45. The fourth-order valence-corrected chi connectivity index (χ4v) is 3.98. The van der Waals surface area contributed by atoms with Gasteiger partial charge in [-0.3, -0.25) is 19.3 Å². The van der Waals surface area contributed by atoms with Crippen LogP contribution in [0, 0.1) is 0 Å². The molecular formula is C21H16ClF3N2O5S. The molecule has 174 valence electrons. The first kappa shape index (κ1) is 24.5. The molecule has 1 aliphatic heterocycles. The number of carbonyl (C=O) groups excluding carboxylic acids is 3. The Morgan fingerprint density at radius 3 is 2.39 bits per heavy atom. The van der Waals surface area contributed by atoms with E-state index in [2.05, 4.69) is 5.32 Å². The number of halogens is 4. The van der Waals surface area contributed by atoms with Gasteiger partial charge in [0.25, 0.3) is 11.1 Å². The summed E-state index contributed by atoms with van der Waals surface area (Å²) in [5, 5.41) is 1.86. The van der Waals surface area contributed by atoms with Gasteiger partial charge in [-0.25, -0.2) is 0 Å². The lowest BCUT2D eigenvalue weighted by atomic mass is 10.1. The summed E-state index contributed by atoms with van der Waals surface area (Å²) in [7, 11) is 2.68. The minimum atomic E-state index is -4.63. The molecule has 0 unspecified atom stereocenters. The van der Waals surface area contributed by atoms with Gasteiger partial charge in [0.2, 0.25) is 5.91 Å². The summed E-state index contributed by atoms with van der Waals surface area (Å²) in [5.74, 6) is -1.17. The highest BCUT2D eigenvalue weighted by Crippen LogP contribution is 2.36. The van der Waals surface area contributed by atoms with Crippen molar-refractivity contribution in [2.24, 2.45) is 0 Å². The zero-order valence-corrected chi connectivity index (χ0v) is 18.7. The van der Waals surface area contributed by atoms with Crippen LogP contribution in [0.3, 0.4) is 0 Å². The second kappa shape index (κ2) is 9.75. The van der Waals surface area contributed by atoms with Crippen LogP contribution in [0.4, 0.5) is 23.7 Å². The minimum absolute atomic E-state index is 0.0123. The van der Waals surface area contributed by atoms with Gasteiger partial charge < -0.3 is 14.8 Å². The largest absolute Gasteiger partial charge is 0.495 e. The molecule has 3 amide bonds. The van der Waals surface area contributed by atoms with Crippen LogP contribution in [-0.4, -0.2) is 42.7 Å². The molecule has 1 aliphatic rings. The normalized spacial score (nSPS) is 15.2. The minimum Gasteiger partial charge on any atom is -0.495 e. The molecule has 33 heavy (non-hydrogen) atoms. The van der Waals surface area contributed by atoms with Crippen molar-refractivity contribution in [1.29, 1.82) is 0 Å². The Labute approximate surface area is 195 Å². The van der Waals surface area contributed by atoms with Crippen LogP contribution in [0.25, 0.3) is 6.08 Å². The lowest BCUT2D eigenvalue weighted by molar-refractivity contribution is -0.137. The molecule has 0 atom stereocenters. The van der Waals surface area contributed by atoms with Crippen LogP contribution in [0.2, 0.25) is 5.02 Å². The monoisotopic (exact) mass is 500 g/mol. The summed E-state index contributed by atoms with van der Waals surface area (Å²) in [5.41, 5.74) is -0.706. The van der Waals surface area contributed by atoms with Crippen LogP contribution in [0.5, 0.6) is 11.5 Å². The van der Waals surface area contributed by atoms with Gasteiger partial charge in [0.1, 0.15) is 18.0 Å². The van der Waals surface area contributed by atoms with E-state index in [1.165, 1.54) is 20.3 Å². The molecule has 0 spiro atoms. The van der Waals surface area contributed by atoms with Gasteiger partial charge >= 0.3 is 6.18 Å². The Balaban J connectivity index is 1.75. The maximum atomic E-state index is 13.0. The van der Waals surface area contributed by atoms with E-state index in [0.717, 1.165) is 12.1 Å². The topological polar surface area (TPSA) is 84.9 Å². The van der Waals surface area contributed by atoms with E-state index < -0.39 is 35.3 Å². The average molecular weight is 501 g/mol. The number of benzene rings is 2. The van der Waals surface area contributed by atoms with E-state index in [4.69, 9.17) is 21.1 Å². The molecule has 0 aliphatic carbocycles. The van der Waals surface area contributed by atoms with E-state index in [0.29, 0.717) is 39.1 Å². The number of carbonyl (C=O) groups is 3. The molecule has 0 aromatic heterocycles. The van der Waals surface area contributed by atoms with Gasteiger partial charge in [-0.05, 0) is 53.7 Å². The smallest absolute Gasteiger partial charge is 0.416 e. The molecule has 1 saturated heterocycles. The Kier molecular flexibility index (Phi) is 7.23. The third-order valence-corrected chi connectivity index (χ3v) is 5.65. The molecule has 2 aromatic carbocycles. The first-order valence-corrected chi connectivity index (χ1v) is 10.4. The number of amides is 3. The number of thioether (sulfide) groups is 1. The highest BCUT2D eigenvalue weighted by Gasteiger charge is 2.37. The molecule has 0 bridgehead atoms. The zero-order chi connectivity index (χ0) is 24.3. The standard InChI is InChI=1S/C21H16ClF3N2O5S/c1-31-15-5-3-11(7-13(15)22)8-17-19(29)27(20(30)33-17)10-18(28)26-14-9-12(21(23,24)25)4-6-16(14)32-2/h3-9H,10H2,1-2H3,(H,26,28)/b17-8-. The highest BCUT2D eigenvalue weighted by molar-refractivity contribution is 8.18. The number of nitrogens with one attached hydrogen (secondary N) is 1. The Morgan fingerprint density at radius 2 is 1.79 bits per heavy atom. The molecule has 2 aromatic rings. The van der Waals surface area contributed by atoms with E-state index in [-0.39, 0.29) is 16.3 Å². The van der Waals surface area contributed by atoms with Crippen LogP contribution < -0.4 is 14.8 Å². The molecule has 7 nitrogen and oxygen atoms in total. The Bertz CT molecular complexity index is 1150. The first-order valence-electron chi connectivity index (χ1n) is 9.17. The molecule has 1 N–H and O–H groups in total. The predicted molar refractivity (Wildman–Crippen MR) is 117 cm³/mol. The van der Waals surface area contributed by atoms with Crippen molar-refractivity contribution in [1.82, 2.24) is 4.90 Å². The second-order valence-electron chi connectivity index (χ2n) is 6.62. The molecule has 3 rings (SSSR count). The SMILES string of the molecule is COc1ccc(/C=C2\SC(=O)N(CC(=O)Nc3cc(C(F)(F)F)ccc3OC)C2=O)cc1Cl. The Morgan fingerprint density at radius 1 is 1.12 bits per heavy atom. The van der Waals surface area contributed by atoms with Gasteiger partial charge in [-0.1, -0.05) is 17.7 Å². The zero-order valence-electron chi connectivity index (χ0n) is 17.2. The Hall–Kier alpha value is -3.18. The lowest BCUT2D eigenvalue weighted by Crippen LogP contribution is -2.36. The predicted octanol–water partition coefficient (Wildman–Crippen LogP) is 5.05. The van der Waals surface area contributed by atoms with Crippen LogP contribution >= 0.6 is 23.4 Å². The number of nitrogens with zero attached hydrogens (tertiary/aromatic N) is 1. The average Bonchev–Trinajstić information content (AvgIpc) is 3.00. The number of methoxy groups -OCH3 is 2. The molecular weight excluding hydrogens is 485 g/mol. The first-order chi connectivity index (χ1) is 15.5. The van der Waals surface area contributed by atoms with Crippen molar-refractivity contribution in [3.63, 3.8) is 0 Å². The maximum absolute atomic E-state index is 13.0. The number of hydrogen-bond donors (Lipinski definition) is 1. The van der Waals surface area contributed by atoms with Crippen LogP contribution in [-0.2, 0) is 15.8 Å². The maximum Gasteiger partial charge on any atom is 0.416 e. The van der Waals surface area contributed by atoms with Gasteiger partial charge in [0, 0.05) is 0 Å². The number of rotatable bonds is 6. The van der Waals surface area contributed by atoms with Gasteiger partial charge in [-0.15, -0.1) is 0 Å². The lowest BCUT2D eigenvalue weighted by Gasteiger charge is -2.16. The number of ether oxygens (including phenoxy) is 2. The molecule has 0 radical (unpaired) electrons. The molecule has 12 heteroatoms. The fraction of sp³-hybridized carbons (Fsp3) is 0.190. The third kappa shape index (κ3) is 5.60. The van der Waals surface area contributed by atoms with Crippen molar-refractivity contribution in [3.05, 3.63) is 57.5 Å². The molecule has 1 heterocycles. The number of alkyl halides is 3. The molecule has 0 saturated carbocycles. The quantitative estimate of drug-likeness (QED) is 0.559. The van der Waals surface area contributed by atoms with Crippen molar-refractivity contribution in [3.8, 4) is 11.5 Å². The van der Waals surface area contributed by atoms with E-state index in [9.17, 15) is 27.6 Å². The summed E-state index contributed by atoms with van der Waals surface area (Å²) in [6.07, 6.45) is -3.20. The van der Waals surface area contributed by atoms with Gasteiger partial charge in [-0.2, -0.15) is 13.2 Å². The number of imide groups is 1. The summed E-state index contributed by atoms with van der Waals surface area (Å²) >= 11 is 6.69. The summed E-state index contributed by atoms with van der Waals surface area (Å²) in [6.45, 7) is -0.690. The number of anilines is 1. The summed E-state index contributed by atoms with van der Waals surface area (Å²) < 4.78 is 49.0. The van der Waals surface area contributed by atoms with E-state index >= 15 is 0 Å². The highest BCUT2D eigenvalue weighted by atomic mass is 35.5. The van der Waals surface area contributed by atoms with Crippen molar-refractivity contribution in [2.75, 3.05) is 26.1 Å². The van der Waals surface area contributed by atoms with Crippen molar-refractivity contribution < 1.29 is 37.0 Å². The summed E-state index contributed by atoms with van der Waals surface area (Å²) in [4.78, 5) is 38.1. The van der Waals surface area contributed by atoms with Crippen molar-refractivity contribution in [2.45, 2.75) is 6.18 Å². The van der Waals surface area contributed by atoms with Crippen LogP contribution in [0.15, 0.2) is 41.3 Å². The fourth-order valence-electron chi connectivity index (χ4n) is 2.88. The van der Waals surface area contributed by atoms with Crippen LogP contribution in [0.1, 0.15) is 11.1 Å². The summed E-state index contributed by atoms with van der Waals surface area (Å²) in [6, 6.07) is 7.33. The molecule has 1 fully saturated rings. The van der Waals surface area contributed by atoms with Gasteiger partial charge in [0.05, 0.1) is 35.4 Å². The van der Waals surface area contributed by atoms with Crippen molar-refractivity contribution >= 4 is 52.2 Å². The number of hydrogen-bond acceptors (Lipinski definition) is 6. The van der Waals surface area contributed by atoms with Gasteiger partial charge in [0.15, 0.2) is 0 Å². The van der Waals surface area contributed by atoms with E-state index in [1.54, 1.807) is 18.2 Å². The van der Waals surface area contributed by atoms with E-state index in [1.807, 2.05) is 0 Å².